The van der Waals surface area contributed by atoms with Crippen LogP contribution < -0.4 is 9.47 Å². The largest absolute Gasteiger partial charge is 0.423 e. The molecule has 4 rings (SSSR count). The summed E-state index contributed by atoms with van der Waals surface area (Å²) in [7, 11) is 0. The van der Waals surface area contributed by atoms with Crippen LogP contribution in [0.3, 0.4) is 0 Å². The Bertz CT molecular complexity index is 1260. The molecule has 4 aromatic rings. The summed E-state index contributed by atoms with van der Waals surface area (Å²) in [6.45, 7) is 3.95. The van der Waals surface area contributed by atoms with Crippen LogP contribution in [0.25, 0.3) is 21.5 Å². The van der Waals surface area contributed by atoms with Crippen molar-refractivity contribution in [3.8, 4) is 11.5 Å². The van der Waals surface area contributed by atoms with Gasteiger partial charge < -0.3 is 9.47 Å². The molecule has 0 aromatic heterocycles. The fraction of sp³-hybridized carbons (Fsp3) is 0.200. The Morgan fingerprint density at radius 1 is 0.559 bits per heavy atom. The molecule has 0 N–H and O–H groups in total. The maximum atomic E-state index is 13.2. The summed E-state index contributed by atoms with van der Waals surface area (Å²) in [5.41, 5.74) is 0.756. The SMILES string of the molecule is CCC/C(C(=O)Oc1ccc2ccccc2c1)=C(\CCC)C(=O)Oc1ccc2ccccc2c1. The molecular formula is C30H28O4. The van der Waals surface area contributed by atoms with Gasteiger partial charge in [-0.25, -0.2) is 9.59 Å². The predicted octanol–water partition coefficient (Wildman–Crippen LogP) is 7.40. The minimum atomic E-state index is -0.504. The van der Waals surface area contributed by atoms with Crippen molar-refractivity contribution in [2.24, 2.45) is 0 Å². The minimum Gasteiger partial charge on any atom is -0.423 e. The van der Waals surface area contributed by atoms with E-state index in [0.717, 1.165) is 21.5 Å². The fourth-order valence-corrected chi connectivity index (χ4v) is 4.05. The third kappa shape index (κ3) is 5.34. The van der Waals surface area contributed by atoms with Gasteiger partial charge in [0, 0.05) is 11.1 Å². The van der Waals surface area contributed by atoms with E-state index in [2.05, 4.69) is 0 Å². The molecule has 0 aliphatic carbocycles. The summed E-state index contributed by atoms with van der Waals surface area (Å²) in [6.07, 6.45) is 2.29. The molecule has 0 unspecified atom stereocenters. The van der Waals surface area contributed by atoms with Crippen molar-refractivity contribution in [3.63, 3.8) is 0 Å². The maximum absolute atomic E-state index is 13.2. The highest BCUT2D eigenvalue weighted by Crippen LogP contribution is 2.26. The fourth-order valence-electron chi connectivity index (χ4n) is 4.05. The lowest BCUT2D eigenvalue weighted by Crippen LogP contribution is -2.20. The third-order valence-corrected chi connectivity index (χ3v) is 5.72. The molecule has 172 valence electrons. The van der Waals surface area contributed by atoms with Gasteiger partial charge in [0.25, 0.3) is 0 Å². The summed E-state index contributed by atoms with van der Waals surface area (Å²) < 4.78 is 11.4. The summed E-state index contributed by atoms with van der Waals surface area (Å²) in [5, 5.41) is 4.10. The second-order valence-electron chi connectivity index (χ2n) is 8.25. The molecule has 0 amide bonds. The molecule has 0 aliphatic rings. The van der Waals surface area contributed by atoms with Crippen LogP contribution in [0.1, 0.15) is 39.5 Å². The third-order valence-electron chi connectivity index (χ3n) is 5.72. The van der Waals surface area contributed by atoms with Gasteiger partial charge in [0.05, 0.1) is 0 Å². The number of ether oxygens (including phenoxy) is 2. The van der Waals surface area contributed by atoms with E-state index in [-0.39, 0.29) is 0 Å². The Hall–Kier alpha value is -3.92. The zero-order valence-corrected chi connectivity index (χ0v) is 19.5. The molecular weight excluding hydrogens is 424 g/mol. The van der Waals surface area contributed by atoms with Gasteiger partial charge in [0.1, 0.15) is 11.5 Å². The van der Waals surface area contributed by atoms with E-state index >= 15 is 0 Å². The molecule has 4 nitrogen and oxygen atoms in total. The summed E-state index contributed by atoms with van der Waals surface area (Å²) in [5.74, 6) is -0.0980. The Kier molecular flexibility index (Phi) is 7.38. The molecule has 0 radical (unpaired) electrons. The van der Waals surface area contributed by atoms with E-state index in [1.54, 1.807) is 12.1 Å². The van der Waals surface area contributed by atoms with Crippen molar-refractivity contribution in [3.05, 3.63) is 96.1 Å². The molecule has 0 atom stereocenters. The van der Waals surface area contributed by atoms with Crippen molar-refractivity contribution < 1.29 is 19.1 Å². The van der Waals surface area contributed by atoms with Crippen molar-refractivity contribution >= 4 is 33.5 Å². The van der Waals surface area contributed by atoms with Gasteiger partial charge in [0.2, 0.25) is 0 Å². The first-order valence-corrected chi connectivity index (χ1v) is 11.7. The highest BCUT2D eigenvalue weighted by atomic mass is 16.5. The number of carbonyl (C=O) groups is 2. The first-order chi connectivity index (χ1) is 16.6. The zero-order chi connectivity index (χ0) is 23.9. The van der Waals surface area contributed by atoms with E-state index in [1.165, 1.54) is 0 Å². The van der Waals surface area contributed by atoms with Crippen LogP contribution in [0.2, 0.25) is 0 Å². The molecule has 0 aliphatic heterocycles. The van der Waals surface area contributed by atoms with Gasteiger partial charge in [-0.05, 0) is 58.7 Å². The van der Waals surface area contributed by atoms with Crippen LogP contribution in [-0.4, -0.2) is 11.9 Å². The standard InChI is InChI=1S/C30H28O4/c1-3-9-27(29(31)33-25-17-15-21-11-5-7-13-23(21)19-25)28(10-4-2)30(32)34-26-18-16-22-12-6-8-14-24(22)20-26/h5-8,11-20H,3-4,9-10H2,1-2H3/b28-27-. The highest BCUT2D eigenvalue weighted by Gasteiger charge is 2.23. The van der Waals surface area contributed by atoms with E-state index < -0.39 is 11.9 Å². The molecule has 4 aromatic carbocycles. The second kappa shape index (κ2) is 10.8. The molecule has 0 heterocycles. The number of carbonyl (C=O) groups excluding carboxylic acids is 2. The lowest BCUT2D eigenvalue weighted by molar-refractivity contribution is -0.133. The number of fused-ring (bicyclic) bond motifs is 2. The average Bonchev–Trinajstić information content (AvgIpc) is 2.86. The monoisotopic (exact) mass is 452 g/mol. The predicted molar refractivity (Wildman–Crippen MR) is 136 cm³/mol. The van der Waals surface area contributed by atoms with Crippen molar-refractivity contribution in [1.82, 2.24) is 0 Å². The summed E-state index contributed by atoms with van der Waals surface area (Å²) >= 11 is 0. The topological polar surface area (TPSA) is 52.6 Å². The summed E-state index contributed by atoms with van der Waals surface area (Å²) in [4.78, 5) is 26.4. The first-order valence-electron chi connectivity index (χ1n) is 11.7. The van der Waals surface area contributed by atoms with Gasteiger partial charge in [-0.3, -0.25) is 0 Å². The Morgan fingerprint density at radius 2 is 0.941 bits per heavy atom. The van der Waals surface area contributed by atoms with Gasteiger partial charge in [0.15, 0.2) is 0 Å². The zero-order valence-electron chi connectivity index (χ0n) is 19.5. The van der Waals surface area contributed by atoms with Crippen LogP contribution in [0, 0.1) is 0 Å². The lowest BCUT2D eigenvalue weighted by Gasteiger charge is -2.14. The normalized spacial score (nSPS) is 11.8. The smallest absolute Gasteiger partial charge is 0.339 e. The number of esters is 2. The molecule has 0 saturated carbocycles. The Labute approximate surface area is 199 Å². The van der Waals surface area contributed by atoms with Gasteiger partial charge in [-0.1, -0.05) is 87.4 Å². The van der Waals surface area contributed by atoms with E-state index in [4.69, 9.17) is 9.47 Å². The Morgan fingerprint density at radius 3 is 1.32 bits per heavy atom. The van der Waals surface area contributed by atoms with Gasteiger partial charge in [-0.2, -0.15) is 0 Å². The number of benzene rings is 4. The minimum absolute atomic E-state index is 0.378. The number of rotatable bonds is 8. The number of hydrogen-bond acceptors (Lipinski definition) is 4. The molecule has 0 saturated heterocycles. The van der Waals surface area contributed by atoms with Gasteiger partial charge >= 0.3 is 11.9 Å². The quantitative estimate of drug-likeness (QED) is 0.159. The second-order valence-corrected chi connectivity index (χ2v) is 8.25. The van der Waals surface area contributed by atoms with Crippen LogP contribution in [0.15, 0.2) is 96.1 Å². The molecule has 4 heteroatoms. The maximum Gasteiger partial charge on any atom is 0.339 e. The Balaban J connectivity index is 1.61. The van der Waals surface area contributed by atoms with E-state index in [0.29, 0.717) is 48.3 Å². The van der Waals surface area contributed by atoms with Crippen molar-refractivity contribution in [2.45, 2.75) is 39.5 Å². The van der Waals surface area contributed by atoms with Crippen LogP contribution in [-0.2, 0) is 9.59 Å². The van der Waals surface area contributed by atoms with E-state index in [1.807, 2.05) is 86.6 Å². The van der Waals surface area contributed by atoms with Crippen LogP contribution in [0.4, 0.5) is 0 Å². The highest BCUT2D eigenvalue weighted by molar-refractivity contribution is 6.02. The molecule has 0 bridgehead atoms. The van der Waals surface area contributed by atoms with Gasteiger partial charge in [-0.15, -0.1) is 0 Å². The number of hydrogen-bond donors (Lipinski definition) is 0. The lowest BCUT2D eigenvalue weighted by atomic mass is 9.99. The van der Waals surface area contributed by atoms with Crippen molar-refractivity contribution in [2.75, 3.05) is 0 Å². The van der Waals surface area contributed by atoms with Crippen LogP contribution in [0.5, 0.6) is 11.5 Å². The van der Waals surface area contributed by atoms with Crippen molar-refractivity contribution in [1.29, 1.82) is 0 Å². The first kappa shape index (κ1) is 23.2. The van der Waals surface area contributed by atoms with E-state index in [9.17, 15) is 9.59 Å². The van der Waals surface area contributed by atoms with Crippen LogP contribution >= 0.6 is 0 Å². The average molecular weight is 453 g/mol. The molecule has 34 heavy (non-hydrogen) atoms. The molecule has 0 spiro atoms. The molecule has 0 fully saturated rings. The summed E-state index contributed by atoms with van der Waals surface area (Å²) in [6, 6.07) is 26.8.